The van der Waals surface area contributed by atoms with E-state index in [0.29, 0.717) is 0 Å². The SMILES string of the molecule is c1ccc(-c2cccc(-c3c4ccccc4c(-c4ccc5c(c4)N(c4ccccc4)c4cccc6nc(-c7ccccc7)n-5c46)c4ccccc34)c2)cc1. The molecular weight excluding hydrogens is 655 g/mol. The van der Waals surface area contributed by atoms with E-state index in [9.17, 15) is 0 Å². The molecule has 1 aromatic heterocycles. The summed E-state index contributed by atoms with van der Waals surface area (Å²) in [6.07, 6.45) is 0. The summed E-state index contributed by atoms with van der Waals surface area (Å²) in [5, 5.41) is 4.94. The summed E-state index contributed by atoms with van der Waals surface area (Å²) in [7, 11) is 0. The Morgan fingerprint density at radius 1 is 0.333 bits per heavy atom. The van der Waals surface area contributed by atoms with Crippen LogP contribution in [-0.4, -0.2) is 9.55 Å². The fourth-order valence-electron chi connectivity index (χ4n) is 8.57. The van der Waals surface area contributed by atoms with Crippen LogP contribution in [0.3, 0.4) is 0 Å². The summed E-state index contributed by atoms with van der Waals surface area (Å²) in [4.78, 5) is 7.65. The highest BCUT2D eigenvalue weighted by Crippen LogP contribution is 2.51. The van der Waals surface area contributed by atoms with Gasteiger partial charge in [0.15, 0.2) is 0 Å². The molecule has 0 atom stereocenters. The normalized spacial score (nSPS) is 12.0. The van der Waals surface area contributed by atoms with E-state index in [1.807, 2.05) is 0 Å². The van der Waals surface area contributed by atoms with Crippen molar-refractivity contribution < 1.29 is 0 Å². The van der Waals surface area contributed by atoms with Crippen molar-refractivity contribution in [3.8, 4) is 50.5 Å². The first-order chi connectivity index (χ1) is 26.8. The number of hydrogen-bond acceptors (Lipinski definition) is 2. The fourth-order valence-corrected chi connectivity index (χ4v) is 8.57. The Hall–Kier alpha value is -7.23. The van der Waals surface area contributed by atoms with Gasteiger partial charge in [0.2, 0.25) is 0 Å². The average molecular weight is 688 g/mol. The number of anilines is 3. The molecule has 0 radical (unpaired) electrons. The van der Waals surface area contributed by atoms with Crippen molar-refractivity contribution in [2.24, 2.45) is 0 Å². The van der Waals surface area contributed by atoms with E-state index in [-0.39, 0.29) is 0 Å². The zero-order chi connectivity index (χ0) is 35.6. The first-order valence-electron chi connectivity index (χ1n) is 18.5. The molecular formula is C51H33N3. The molecule has 1 aliphatic heterocycles. The van der Waals surface area contributed by atoms with Gasteiger partial charge in [0.1, 0.15) is 5.82 Å². The monoisotopic (exact) mass is 687 g/mol. The van der Waals surface area contributed by atoms with Crippen molar-refractivity contribution in [1.82, 2.24) is 9.55 Å². The first-order valence-corrected chi connectivity index (χ1v) is 18.5. The van der Waals surface area contributed by atoms with Crippen LogP contribution < -0.4 is 4.90 Å². The molecule has 0 amide bonds. The van der Waals surface area contributed by atoms with E-state index in [1.165, 1.54) is 54.9 Å². The Morgan fingerprint density at radius 3 is 1.50 bits per heavy atom. The second-order valence-electron chi connectivity index (χ2n) is 13.9. The van der Waals surface area contributed by atoms with Crippen LogP contribution in [0.25, 0.3) is 83.0 Å². The first kappa shape index (κ1) is 30.4. The summed E-state index contributed by atoms with van der Waals surface area (Å²) >= 11 is 0. The van der Waals surface area contributed by atoms with Crippen LogP contribution in [-0.2, 0) is 0 Å². The van der Waals surface area contributed by atoms with Gasteiger partial charge in [-0.15, -0.1) is 0 Å². The van der Waals surface area contributed by atoms with Crippen molar-refractivity contribution in [2.45, 2.75) is 0 Å². The lowest BCUT2D eigenvalue weighted by molar-refractivity contribution is 1.06. The molecule has 3 nitrogen and oxygen atoms in total. The number of para-hydroxylation sites is 2. The second-order valence-corrected chi connectivity index (χ2v) is 13.9. The number of hydrogen-bond donors (Lipinski definition) is 0. The van der Waals surface area contributed by atoms with Gasteiger partial charge in [0.25, 0.3) is 0 Å². The Labute approximate surface area is 313 Å². The van der Waals surface area contributed by atoms with Crippen molar-refractivity contribution in [1.29, 1.82) is 0 Å². The third-order valence-electron chi connectivity index (χ3n) is 10.9. The molecule has 0 unspecified atom stereocenters. The average Bonchev–Trinajstić information content (AvgIpc) is 3.64. The Morgan fingerprint density at radius 2 is 0.852 bits per heavy atom. The zero-order valence-corrected chi connectivity index (χ0v) is 29.4. The fraction of sp³-hybridized carbons (Fsp3) is 0. The molecule has 1 aliphatic rings. The number of fused-ring (bicyclic) bond motifs is 4. The lowest BCUT2D eigenvalue weighted by atomic mass is 9.85. The highest BCUT2D eigenvalue weighted by molar-refractivity contribution is 6.22. The molecule has 0 saturated carbocycles. The van der Waals surface area contributed by atoms with Crippen molar-refractivity contribution >= 4 is 49.6 Å². The summed E-state index contributed by atoms with van der Waals surface area (Å²) in [6.45, 7) is 0. The van der Waals surface area contributed by atoms with Gasteiger partial charge in [-0.25, -0.2) is 4.98 Å². The van der Waals surface area contributed by atoms with Crippen molar-refractivity contribution in [3.05, 3.63) is 200 Å². The van der Waals surface area contributed by atoms with E-state index in [2.05, 4.69) is 210 Å². The highest BCUT2D eigenvalue weighted by atomic mass is 15.2. The lowest BCUT2D eigenvalue weighted by Crippen LogP contribution is -2.18. The predicted molar refractivity (Wildman–Crippen MR) is 226 cm³/mol. The molecule has 3 heteroatoms. The van der Waals surface area contributed by atoms with Crippen LogP contribution >= 0.6 is 0 Å². The second kappa shape index (κ2) is 12.2. The predicted octanol–water partition coefficient (Wildman–Crippen LogP) is 13.8. The smallest absolute Gasteiger partial charge is 0.145 e. The molecule has 2 heterocycles. The van der Waals surface area contributed by atoms with Crippen LogP contribution in [0.4, 0.5) is 17.1 Å². The molecule has 0 spiro atoms. The minimum absolute atomic E-state index is 0.942. The molecule has 0 bridgehead atoms. The van der Waals surface area contributed by atoms with E-state index in [1.54, 1.807) is 0 Å². The number of rotatable bonds is 5. The van der Waals surface area contributed by atoms with Gasteiger partial charge in [-0.2, -0.15) is 0 Å². The summed E-state index contributed by atoms with van der Waals surface area (Å²) in [5.74, 6) is 0.942. The molecule has 0 N–H and O–H groups in total. The van der Waals surface area contributed by atoms with E-state index >= 15 is 0 Å². The third kappa shape index (κ3) is 4.65. The molecule has 0 aliphatic carbocycles. The Kier molecular flexibility index (Phi) is 6.86. The van der Waals surface area contributed by atoms with Crippen LogP contribution in [0.2, 0.25) is 0 Å². The van der Waals surface area contributed by atoms with E-state index < -0.39 is 0 Å². The van der Waals surface area contributed by atoms with Gasteiger partial charge < -0.3 is 4.90 Å². The summed E-state index contributed by atoms with van der Waals surface area (Å²) in [5.41, 5.74) is 14.9. The Bertz CT molecular complexity index is 2980. The lowest BCUT2D eigenvalue weighted by Gasteiger charge is -2.33. The maximum absolute atomic E-state index is 5.24. The van der Waals surface area contributed by atoms with Gasteiger partial charge >= 0.3 is 0 Å². The van der Waals surface area contributed by atoms with Gasteiger partial charge in [0.05, 0.1) is 28.1 Å². The molecule has 0 saturated heterocycles. The van der Waals surface area contributed by atoms with Crippen LogP contribution in [0.5, 0.6) is 0 Å². The zero-order valence-electron chi connectivity index (χ0n) is 29.4. The maximum Gasteiger partial charge on any atom is 0.145 e. The standard InChI is InChI=1S/C51H33N3/c1-4-16-34(17-5-1)36-20-14-21-37(32-36)48-40-24-10-12-26-42(40)49(43-27-13-11-25-41(43)48)38-30-31-45-47(33-38)53(39-22-8-3-9-23-39)46-29-15-28-44-50(46)54(45)51(52-44)35-18-6-2-7-19-35/h1-33H. The van der Waals surface area contributed by atoms with Crippen molar-refractivity contribution in [2.75, 3.05) is 4.90 Å². The quantitative estimate of drug-likeness (QED) is 0.168. The number of nitrogens with zero attached hydrogens (tertiary/aromatic N) is 3. The number of imidazole rings is 1. The third-order valence-corrected chi connectivity index (χ3v) is 10.9. The van der Waals surface area contributed by atoms with Crippen LogP contribution in [0.15, 0.2) is 200 Å². The molecule has 54 heavy (non-hydrogen) atoms. The molecule has 252 valence electrons. The topological polar surface area (TPSA) is 21.1 Å². The van der Waals surface area contributed by atoms with Gasteiger partial charge in [-0.1, -0.05) is 158 Å². The molecule has 0 fully saturated rings. The summed E-state index contributed by atoms with van der Waals surface area (Å²) in [6, 6.07) is 72.2. The summed E-state index contributed by atoms with van der Waals surface area (Å²) < 4.78 is 2.36. The van der Waals surface area contributed by atoms with Gasteiger partial charge in [-0.05, 0) is 97.4 Å². The maximum atomic E-state index is 5.24. The van der Waals surface area contributed by atoms with Crippen molar-refractivity contribution in [3.63, 3.8) is 0 Å². The minimum Gasteiger partial charge on any atom is -0.306 e. The number of benzene rings is 9. The van der Waals surface area contributed by atoms with E-state index in [0.717, 1.165) is 45.2 Å². The largest absolute Gasteiger partial charge is 0.306 e. The highest BCUT2D eigenvalue weighted by Gasteiger charge is 2.30. The van der Waals surface area contributed by atoms with Crippen LogP contribution in [0.1, 0.15) is 0 Å². The van der Waals surface area contributed by atoms with Crippen LogP contribution in [0, 0.1) is 0 Å². The van der Waals surface area contributed by atoms with E-state index in [4.69, 9.17) is 4.98 Å². The number of aromatic nitrogens is 2. The Balaban J connectivity index is 1.19. The van der Waals surface area contributed by atoms with Gasteiger partial charge in [0, 0.05) is 11.3 Å². The minimum atomic E-state index is 0.942. The molecule has 11 rings (SSSR count). The molecule has 9 aromatic carbocycles. The van der Waals surface area contributed by atoms with Gasteiger partial charge in [-0.3, -0.25) is 4.57 Å². The molecule has 10 aromatic rings.